The number of hydrogen-bond acceptors (Lipinski definition) is 5. The molecule has 0 aliphatic carbocycles. The van der Waals surface area contributed by atoms with Crippen LogP contribution in [0, 0.1) is 6.92 Å². The second kappa shape index (κ2) is 8.12. The lowest BCUT2D eigenvalue weighted by molar-refractivity contribution is 0.0535. The van der Waals surface area contributed by atoms with Gasteiger partial charge in [0.25, 0.3) is 11.8 Å². The summed E-state index contributed by atoms with van der Waals surface area (Å²) in [6, 6.07) is 15.6. The highest BCUT2D eigenvalue weighted by molar-refractivity contribution is 5.98. The van der Waals surface area contributed by atoms with Crippen molar-refractivity contribution in [3.8, 4) is 5.75 Å². The van der Waals surface area contributed by atoms with E-state index in [1.54, 1.807) is 65.4 Å². The molecule has 0 unspecified atom stereocenters. The number of ether oxygens (including phenoxy) is 1. The van der Waals surface area contributed by atoms with Crippen LogP contribution in [-0.2, 0) is 0 Å². The zero-order valence-electron chi connectivity index (χ0n) is 18.4. The fourth-order valence-corrected chi connectivity index (χ4v) is 4.29. The minimum atomic E-state index is -0.430. The van der Waals surface area contributed by atoms with Crippen molar-refractivity contribution < 1.29 is 18.7 Å². The number of benzene rings is 2. The maximum atomic E-state index is 13.2. The Hall–Kier alpha value is -4.07. The van der Waals surface area contributed by atoms with Crippen LogP contribution in [0.4, 0.5) is 0 Å². The quantitative estimate of drug-likeness (QED) is 0.484. The van der Waals surface area contributed by atoms with E-state index in [-0.39, 0.29) is 11.8 Å². The lowest BCUT2D eigenvalue weighted by atomic mass is 10.1. The summed E-state index contributed by atoms with van der Waals surface area (Å²) in [7, 11) is 1.58. The predicted molar refractivity (Wildman–Crippen MR) is 123 cm³/mol. The molecule has 1 saturated heterocycles. The summed E-state index contributed by atoms with van der Waals surface area (Å²) in [6.07, 6.45) is 0. The van der Waals surface area contributed by atoms with E-state index in [1.165, 1.54) is 0 Å². The highest BCUT2D eigenvalue weighted by atomic mass is 16.5. The van der Waals surface area contributed by atoms with Crippen LogP contribution in [0.3, 0.4) is 0 Å². The molecule has 0 saturated carbocycles. The standard InChI is InChI=1S/C25H23N3O5/c1-16-3-10-22-28(16)21-15-18(6-9-20(21)25(31)33-22)24(30)27-13-11-26(12-14-27)23(29)17-4-7-19(32-2)8-5-17/h3-10,15H,11-14H2,1-2H3. The minimum Gasteiger partial charge on any atom is -0.497 e. The Bertz CT molecular complexity index is 1430. The van der Waals surface area contributed by atoms with Gasteiger partial charge in [0.15, 0.2) is 0 Å². The van der Waals surface area contributed by atoms with Gasteiger partial charge in [0, 0.05) is 49.1 Å². The first-order chi connectivity index (χ1) is 16.0. The first-order valence-corrected chi connectivity index (χ1v) is 10.7. The van der Waals surface area contributed by atoms with E-state index < -0.39 is 5.63 Å². The van der Waals surface area contributed by atoms with Gasteiger partial charge in [-0.05, 0) is 55.5 Å². The second-order valence-corrected chi connectivity index (χ2v) is 8.08. The molecule has 0 radical (unpaired) electrons. The summed E-state index contributed by atoms with van der Waals surface area (Å²) in [5, 5.41) is 0.424. The molecule has 0 spiro atoms. The molecule has 0 atom stereocenters. The topological polar surface area (TPSA) is 84.5 Å². The van der Waals surface area contributed by atoms with Gasteiger partial charge >= 0.3 is 5.63 Å². The van der Waals surface area contributed by atoms with Crippen molar-refractivity contribution in [3.05, 3.63) is 81.8 Å². The fourth-order valence-electron chi connectivity index (χ4n) is 4.29. The van der Waals surface area contributed by atoms with Gasteiger partial charge in [0.05, 0.1) is 18.0 Å². The first kappa shape index (κ1) is 20.8. The number of aromatic nitrogens is 1. The van der Waals surface area contributed by atoms with Gasteiger partial charge in [0.1, 0.15) is 5.75 Å². The molecule has 168 valence electrons. The number of hydrogen-bond donors (Lipinski definition) is 0. The summed E-state index contributed by atoms with van der Waals surface area (Å²) < 4.78 is 12.3. The summed E-state index contributed by atoms with van der Waals surface area (Å²) in [5.74, 6) is 0.509. The molecule has 2 aromatic carbocycles. The lowest BCUT2D eigenvalue weighted by Gasteiger charge is -2.35. The van der Waals surface area contributed by atoms with Crippen molar-refractivity contribution >= 4 is 28.4 Å². The Morgan fingerprint density at radius 2 is 1.45 bits per heavy atom. The van der Waals surface area contributed by atoms with E-state index >= 15 is 0 Å². The molecule has 2 aromatic heterocycles. The van der Waals surface area contributed by atoms with Crippen LogP contribution in [0.25, 0.3) is 16.6 Å². The van der Waals surface area contributed by atoms with Crippen molar-refractivity contribution in [1.29, 1.82) is 0 Å². The maximum Gasteiger partial charge on any atom is 0.346 e. The van der Waals surface area contributed by atoms with Crippen LogP contribution in [-0.4, -0.2) is 59.3 Å². The molecule has 4 aromatic rings. The van der Waals surface area contributed by atoms with Gasteiger partial charge in [-0.3, -0.25) is 14.0 Å². The van der Waals surface area contributed by atoms with Crippen LogP contribution < -0.4 is 10.4 Å². The van der Waals surface area contributed by atoms with E-state index in [0.29, 0.717) is 59.7 Å². The number of nitrogens with zero attached hydrogens (tertiary/aromatic N) is 3. The Kier molecular flexibility index (Phi) is 5.12. The van der Waals surface area contributed by atoms with E-state index in [9.17, 15) is 14.4 Å². The summed E-state index contributed by atoms with van der Waals surface area (Å²) in [5.41, 5.74) is 2.66. The van der Waals surface area contributed by atoms with Crippen LogP contribution in [0.1, 0.15) is 26.4 Å². The zero-order valence-corrected chi connectivity index (χ0v) is 18.4. The van der Waals surface area contributed by atoms with Crippen LogP contribution in [0.15, 0.2) is 63.8 Å². The van der Waals surface area contributed by atoms with Gasteiger partial charge in [-0.25, -0.2) is 4.79 Å². The van der Waals surface area contributed by atoms with Gasteiger partial charge in [-0.2, -0.15) is 0 Å². The van der Waals surface area contributed by atoms with Gasteiger partial charge in [-0.15, -0.1) is 0 Å². The molecular weight excluding hydrogens is 422 g/mol. The van der Waals surface area contributed by atoms with Crippen LogP contribution in [0.5, 0.6) is 5.75 Å². The zero-order chi connectivity index (χ0) is 23.1. The highest BCUT2D eigenvalue weighted by Gasteiger charge is 2.26. The Labute approximate surface area is 189 Å². The Morgan fingerprint density at radius 1 is 0.848 bits per heavy atom. The van der Waals surface area contributed by atoms with E-state index in [1.807, 2.05) is 17.4 Å². The predicted octanol–water partition coefficient (Wildman–Crippen LogP) is 2.96. The third-order valence-corrected chi connectivity index (χ3v) is 6.13. The van der Waals surface area contributed by atoms with Gasteiger partial charge < -0.3 is 19.0 Å². The summed E-state index contributed by atoms with van der Waals surface area (Å²) >= 11 is 0. The largest absolute Gasteiger partial charge is 0.497 e. The maximum absolute atomic E-state index is 13.2. The lowest BCUT2D eigenvalue weighted by Crippen LogP contribution is -2.50. The third-order valence-electron chi connectivity index (χ3n) is 6.13. The first-order valence-electron chi connectivity index (χ1n) is 10.7. The number of piperazine rings is 1. The molecule has 1 aliphatic heterocycles. The number of fused-ring (bicyclic) bond motifs is 3. The molecule has 0 N–H and O–H groups in total. The molecule has 1 aliphatic rings. The Balaban J connectivity index is 1.34. The van der Waals surface area contributed by atoms with Crippen molar-refractivity contribution in [2.75, 3.05) is 33.3 Å². The molecule has 1 fully saturated rings. The minimum absolute atomic E-state index is 0.0624. The summed E-state index contributed by atoms with van der Waals surface area (Å²) in [4.78, 5) is 41.8. The van der Waals surface area contributed by atoms with E-state index in [4.69, 9.17) is 9.15 Å². The number of methoxy groups -OCH3 is 1. The monoisotopic (exact) mass is 445 g/mol. The summed E-state index contributed by atoms with van der Waals surface area (Å²) in [6.45, 7) is 3.70. The number of carbonyl (C=O) groups is 2. The van der Waals surface area contributed by atoms with Gasteiger partial charge in [-0.1, -0.05) is 0 Å². The fraction of sp³-hybridized carbons (Fsp3) is 0.240. The second-order valence-electron chi connectivity index (χ2n) is 8.08. The van der Waals surface area contributed by atoms with E-state index in [2.05, 4.69) is 0 Å². The van der Waals surface area contributed by atoms with Crippen LogP contribution >= 0.6 is 0 Å². The molecule has 33 heavy (non-hydrogen) atoms. The molecule has 8 heteroatoms. The smallest absolute Gasteiger partial charge is 0.346 e. The third kappa shape index (κ3) is 3.63. The van der Waals surface area contributed by atoms with Crippen molar-refractivity contribution in [2.24, 2.45) is 0 Å². The molecule has 0 bridgehead atoms. The van der Waals surface area contributed by atoms with Crippen LogP contribution in [0.2, 0.25) is 0 Å². The normalized spacial score (nSPS) is 14.1. The van der Waals surface area contributed by atoms with Crippen molar-refractivity contribution in [1.82, 2.24) is 14.2 Å². The highest BCUT2D eigenvalue weighted by Crippen LogP contribution is 2.20. The van der Waals surface area contributed by atoms with E-state index in [0.717, 1.165) is 5.69 Å². The molecule has 2 amide bonds. The number of amides is 2. The molecular formula is C25H23N3O5. The number of carbonyl (C=O) groups excluding carboxylic acids is 2. The van der Waals surface area contributed by atoms with Crippen molar-refractivity contribution in [2.45, 2.75) is 6.92 Å². The molecule has 3 heterocycles. The molecule has 5 rings (SSSR count). The SMILES string of the molecule is COc1ccc(C(=O)N2CCN(C(=O)c3ccc4c(=O)oc5ccc(C)n5c4c3)CC2)cc1. The average Bonchev–Trinajstić information content (AvgIpc) is 3.23. The van der Waals surface area contributed by atoms with Crippen molar-refractivity contribution in [3.63, 3.8) is 0 Å². The number of rotatable bonds is 3. The Morgan fingerprint density at radius 3 is 2.09 bits per heavy atom. The van der Waals surface area contributed by atoms with Gasteiger partial charge in [0.2, 0.25) is 5.71 Å². The number of aryl methyl sites for hydroxylation is 1. The molecule has 8 nitrogen and oxygen atoms in total. The average molecular weight is 445 g/mol.